The van der Waals surface area contributed by atoms with Gasteiger partial charge in [0.15, 0.2) is 0 Å². The fraction of sp³-hybridized carbons (Fsp3) is 0.348. The number of nitrogens with one attached hydrogen (secondary N) is 1. The van der Waals surface area contributed by atoms with Crippen LogP contribution >= 0.6 is 11.3 Å². The summed E-state index contributed by atoms with van der Waals surface area (Å²) in [7, 11) is 0. The SMILES string of the molecule is CCOC(=O)c1cnn(-c2ccc(C(=O)NCCN3CCc4sccc4C3)cc2)c1C. The Kier molecular flexibility index (Phi) is 6.48. The van der Waals surface area contributed by atoms with Crippen LogP contribution in [-0.4, -0.2) is 52.8 Å². The fourth-order valence-electron chi connectivity index (χ4n) is 3.76. The summed E-state index contributed by atoms with van der Waals surface area (Å²) in [6, 6.07) is 9.39. The highest BCUT2D eigenvalue weighted by Gasteiger charge is 2.18. The first-order chi connectivity index (χ1) is 15.1. The number of hydrogen-bond acceptors (Lipinski definition) is 6. The van der Waals surface area contributed by atoms with Gasteiger partial charge in [0.2, 0.25) is 0 Å². The normalized spacial score (nSPS) is 13.6. The Morgan fingerprint density at radius 2 is 2.03 bits per heavy atom. The molecule has 0 saturated carbocycles. The Morgan fingerprint density at radius 3 is 2.81 bits per heavy atom. The van der Waals surface area contributed by atoms with Gasteiger partial charge < -0.3 is 10.1 Å². The standard InChI is InChI=1S/C23H26N4O3S/c1-3-30-23(29)20-14-25-27(16(20)2)19-6-4-17(5-7-19)22(28)24-10-12-26-11-8-21-18(15-26)9-13-31-21/h4-7,9,13-14H,3,8,10-12,15H2,1-2H3,(H,24,28). The van der Waals surface area contributed by atoms with Gasteiger partial charge in [-0.1, -0.05) is 0 Å². The van der Waals surface area contributed by atoms with Gasteiger partial charge in [0, 0.05) is 36.6 Å². The molecule has 0 atom stereocenters. The van der Waals surface area contributed by atoms with E-state index in [1.54, 1.807) is 23.7 Å². The van der Waals surface area contributed by atoms with Crippen molar-refractivity contribution in [2.75, 3.05) is 26.2 Å². The van der Waals surface area contributed by atoms with Crippen LogP contribution in [-0.2, 0) is 17.7 Å². The second-order valence-electron chi connectivity index (χ2n) is 7.47. The van der Waals surface area contributed by atoms with Crippen LogP contribution in [0.2, 0.25) is 0 Å². The molecule has 4 rings (SSSR count). The number of carbonyl (C=O) groups is 2. The summed E-state index contributed by atoms with van der Waals surface area (Å²) >= 11 is 1.83. The van der Waals surface area contributed by atoms with Crippen LogP contribution in [0.3, 0.4) is 0 Å². The van der Waals surface area contributed by atoms with E-state index in [4.69, 9.17) is 4.74 Å². The van der Waals surface area contributed by atoms with Crippen LogP contribution in [0.25, 0.3) is 5.69 Å². The summed E-state index contributed by atoms with van der Waals surface area (Å²) in [5, 5.41) is 9.45. The van der Waals surface area contributed by atoms with Gasteiger partial charge in [-0.15, -0.1) is 11.3 Å². The van der Waals surface area contributed by atoms with Crippen LogP contribution < -0.4 is 5.32 Å². The Morgan fingerprint density at radius 1 is 1.23 bits per heavy atom. The molecule has 1 N–H and O–H groups in total. The second-order valence-corrected chi connectivity index (χ2v) is 8.47. The lowest BCUT2D eigenvalue weighted by atomic mass is 10.1. The molecule has 1 aliphatic heterocycles. The second kappa shape index (κ2) is 9.45. The quantitative estimate of drug-likeness (QED) is 0.574. The van der Waals surface area contributed by atoms with E-state index in [-0.39, 0.29) is 11.9 Å². The van der Waals surface area contributed by atoms with Crippen molar-refractivity contribution in [1.29, 1.82) is 0 Å². The van der Waals surface area contributed by atoms with E-state index >= 15 is 0 Å². The van der Waals surface area contributed by atoms with Crippen LogP contribution in [0.15, 0.2) is 41.9 Å². The highest BCUT2D eigenvalue weighted by molar-refractivity contribution is 7.10. The topological polar surface area (TPSA) is 76.5 Å². The Labute approximate surface area is 185 Å². The van der Waals surface area contributed by atoms with Gasteiger partial charge in [0.1, 0.15) is 5.56 Å². The largest absolute Gasteiger partial charge is 0.462 e. The molecule has 7 nitrogen and oxygen atoms in total. The predicted octanol–water partition coefficient (Wildman–Crippen LogP) is 3.21. The summed E-state index contributed by atoms with van der Waals surface area (Å²) in [5.74, 6) is -0.477. The van der Waals surface area contributed by atoms with Gasteiger partial charge >= 0.3 is 5.97 Å². The summed E-state index contributed by atoms with van der Waals surface area (Å²) in [6.45, 7) is 7.35. The molecular formula is C23H26N4O3S. The van der Waals surface area contributed by atoms with Gasteiger partial charge in [-0.05, 0) is 61.5 Å². The van der Waals surface area contributed by atoms with Crippen LogP contribution in [0, 0.1) is 6.92 Å². The molecule has 0 aliphatic carbocycles. The third kappa shape index (κ3) is 4.70. The molecule has 0 unspecified atom stereocenters. The van der Waals surface area contributed by atoms with E-state index in [0.717, 1.165) is 31.7 Å². The molecule has 3 aromatic rings. The minimum Gasteiger partial charge on any atom is -0.462 e. The summed E-state index contributed by atoms with van der Waals surface area (Å²) in [5.41, 5.74) is 3.93. The molecule has 0 spiro atoms. The lowest BCUT2D eigenvalue weighted by molar-refractivity contribution is 0.0525. The zero-order valence-electron chi connectivity index (χ0n) is 17.8. The van der Waals surface area contributed by atoms with Crippen LogP contribution in [0.4, 0.5) is 0 Å². The molecule has 0 saturated heterocycles. The number of ether oxygens (including phenoxy) is 1. The number of amides is 1. The number of rotatable bonds is 7. The molecule has 0 radical (unpaired) electrons. The lowest BCUT2D eigenvalue weighted by Gasteiger charge is -2.26. The minimum atomic E-state index is -0.383. The van der Waals surface area contributed by atoms with Crippen molar-refractivity contribution in [3.8, 4) is 5.69 Å². The highest BCUT2D eigenvalue weighted by atomic mass is 32.1. The highest BCUT2D eigenvalue weighted by Crippen LogP contribution is 2.23. The zero-order chi connectivity index (χ0) is 21.8. The third-order valence-electron chi connectivity index (χ3n) is 5.48. The van der Waals surface area contributed by atoms with Crippen LogP contribution in [0.1, 0.15) is 43.8 Å². The van der Waals surface area contributed by atoms with Gasteiger partial charge in [0.05, 0.1) is 24.2 Å². The maximum atomic E-state index is 12.5. The third-order valence-corrected chi connectivity index (χ3v) is 6.50. The number of benzene rings is 1. The van der Waals surface area contributed by atoms with Crippen molar-refractivity contribution in [2.24, 2.45) is 0 Å². The first-order valence-electron chi connectivity index (χ1n) is 10.4. The average molecular weight is 439 g/mol. The van der Waals surface area contributed by atoms with Crippen molar-refractivity contribution >= 4 is 23.2 Å². The molecule has 3 heterocycles. The molecule has 1 aliphatic rings. The Balaban J connectivity index is 1.32. The molecule has 0 bridgehead atoms. The molecule has 8 heteroatoms. The van der Waals surface area contributed by atoms with Crippen LogP contribution in [0.5, 0.6) is 0 Å². The van der Waals surface area contributed by atoms with Gasteiger partial charge in [-0.2, -0.15) is 5.10 Å². The molecule has 31 heavy (non-hydrogen) atoms. The van der Waals surface area contributed by atoms with Crippen molar-refractivity contribution < 1.29 is 14.3 Å². The minimum absolute atomic E-state index is 0.0934. The number of aromatic nitrogens is 2. The van der Waals surface area contributed by atoms with Gasteiger partial charge in [0.25, 0.3) is 5.91 Å². The predicted molar refractivity (Wildman–Crippen MR) is 120 cm³/mol. The van der Waals surface area contributed by atoms with Crippen molar-refractivity contribution in [1.82, 2.24) is 20.0 Å². The molecule has 1 aromatic carbocycles. The van der Waals surface area contributed by atoms with Gasteiger partial charge in [-0.3, -0.25) is 9.69 Å². The van der Waals surface area contributed by atoms with E-state index in [1.807, 2.05) is 30.4 Å². The molecular weight excluding hydrogens is 412 g/mol. The maximum Gasteiger partial charge on any atom is 0.341 e. The zero-order valence-corrected chi connectivity index (χ0v) is 18.6. The number of carbonyl (C=O) groups excluding carboxylic acids is 2. The fourth-order valence-corrected chi connectivity index (χ4v) is 4.65. The smallest absolute Gasteiger partial charge is 0.341 e. The van der Waals surface area contributed by atoms with Crippen molar-refractivity contribution in [3.63, 3.8) is 0 Å². The first-order valence-corrected chi connectivity index (χ1v) is 11.3. The first kappa shape index (κ1) is 21.3. The van der Waals surface area contributed by atoms with E-state index in [2.05, 4.69) is 26.8 Å². The summed E-state index contributed by atoms with van der Waals surface area (Å²) in [4.78, 5) is 28.4. The molecule has 1 amide bonds. The van der Waals surface area contributed by atoms with Gasteiger partial charge in [-0.25, -0.2) is 9.48 Å². The summed E-state index contributed by atoms with van der Waals surface area (Å²) < 4.78 is 6.72. The van der Waals surface area contributed by atoms with E-state index < -0.39 is 0 Å². The molecule has 0 fully saturated rings. The summed E-state index contributed by atoms with van der Waals surface area (Å²) in [6.07, 6.45) is 2.60. The van der Waals surface area contributed by atoms with Crippen molar-refractivity contribution in [2.45, 2.75) is 26.8 Å². The van der Waals surface area contributed by atoms with E-state index in [9.17, 15) is 9.59 Å². The number of nitrogens with zero attached hydrogens (tertiary/aromatic N) is 3. The van der Waals surface area contributed by atoms with E-state index in [0.29, 0.717) is 30.0 Å². The maximum absolute atomic E-state index is 12.5. The molecule has 2 aromatic heterocycles. The average Bonchev–Trinajstić information content (AvgIpc) is 3.40. The molecule has 162 valence electrons. The number of esters is 1. The monoisotopic (exact) mass is 438 g/mol. The van der Waals surface area contributed by atoms with Crippen molar-refractivity contribution in [3.05, 3.63) is 69.2 Å². The Hall–Kier alpha value is -2.97. The lowest BCUT2D eigenvalue weighted by Crippen LogP contribution is -2.37. The number of hydrogen-bond donors (Lipinski definition) is 1. The number of fused-ring (bicyclic) bond motifs is 1. The van der Waals surface area contributed by atoms with E-state index in [1.165, 1.54) is 16.6 Å². The number of thiophene rings is 1. The Bertz CT molecular complexity index is 1070.